The number of carbonyl (C=O) groups excluding carboxylic acids is 4. The predicted octanol–water partition coefficient (Wildman–Crippen LogP) is 1.40. The van der Waals surface area contributed by atoms with Gasteiger partial charge in [0, 0.05) is 36.2 Å². The lowest BCUT2D eigenvalue weighted by Gasteiger charge is -2.31. The first kappa shape index (κ1) is 19.3. The molecule has 0 bridgehead atoms. The molecular formula is C18H20BrN3O5. The Morgan fingerprint density at radius 3 is 2.37 bits per heavy atom. The molecule has 2 heterocycles. The highest BCUT2D eigenvalue weighted by molar-refractivity contribution is 9.10. The van der Waals surface area contributed by atoms with E-state index < -0.39 is 24.5 Å². The van der Waals surface area contributed by atoms with E-state index in [4.69, 9.17) is 4.74 Å². The molecule has 144 valence electrons. The molecule has 9 heteroatoms. The van der Waals surface area contributed by atoms with Gasteiger partial charge in [0.25, 0.3) is 11.8 Å². The summed E-state index contributed by atoms with van der Waals surface area (Å²) in [5.74, 6) is -1.40. The molecule has 0 spiro atoms. The molecule has 1 N–H and O–H groups in total. The Balaban J connectivity index is 1.45. The lowest BCUT2D eigenvalue weighted by molar-refractivity contribution is -0.155. The molecule has 4 amide bonds. The van der Waals surface area contributed by atoms with Gasteiger partial charge in [0.2, 0.25) is 0 Å². The van der Waals surface area contributed by atoms with Gasteiger partial charge in [-0.2, -0.15) is 0 Å². The van der Waals surface area contributed by atoms with Crippen LogP contribution < -0.4 is 5.32 Å². The molecule has 1 aromatic rings. The molecule has 0 atom stereocenters. The molecule has 0 aliphatic carbocycles. The Morgan fingerprint density at radius 2 is 1.78 bits per heavy atom. The lowest BCUT2D eigenvalue weighted by Crippen LogP contribution is -2.41. The number of esters is 1. The highest BCUT2D eigenvalue weighted by Gasteiger charge is 2.31. The number of nitrogens with one attached hydrogen (secondary N) is 1. The normalized spacial score (nSPS) is 17.6. The van der Waals surface area contributed by atoms with E-state index in [1.807, 2.05) is 12.1 Å². The minimum Gasteiger partial charge on any atom is -0.455 e. The topological polar surface area (TPSA) is 96.0 Å². The van der Waals surface area contributed by atoms with Crippen molar-refractivity contribution in [1.29, 1.82) is 0 Å². The van der Waals surface area contributed by atoms with Crippen molar-refractivity contribution in [2.45, 2.75) is 12.8 Å². The van der Waals surface area contributed by atoms with Gasteiger partial charge in [0.1, 0.15) is 0 Å². The second kappa shape index (κ2) is 8.51. The summed E-state index contributed by atoms with van der Waals surface area (Å²) in [7, 11) is 0. The third-order valence-corrected chi connectivity index (χ3v) is 5.23. The fourth-order valence-electron chi connectivity index (χ4n) is 3.13. The van der Waals surface area contributed by atoms with Crippen LogP contribution in [0, 0.1) is 5.92 Å². The highest BCUT2D eigenvalue weighted by Crippen LogP contribution is 2.21. The number of rotatable bonds is 4. The van der Waals surface area contributed by atoms with Crippen molar-refractivity contribution in [3.8, 4) is 0 Å². The van der Waals surface area contributed by atoms with Crippen LogP contribution >= 0.6 is 15.9 Å². The average molecular weight is 438 g/mol. The second-order valence-electron chi connectivity index (χ2n) is 6.46. The van der Waals surface area contributed by atoms with E-state index in [9.17, 15) is 19.2 Å². The molecular weight excluding hydrogens is 418 g/mol. The first-order chi connectivity index (χ1) is 13.0. The van der Waals surface area contributed by atoms with Crippen LogP contribution in [-0.4, -0.2) is 66.4 Å². The monoisotopic (exact) mass is 437 g/mol. The van der Waals surface area contributed by atoms with Gasteiger partial charge in [-0.05, 0) is 37.1 Å². The number of piperidine rings is 1. The molecule has 3 rings (SSSR count). The number of halogens is 1. The lowest BCUT2D eigenvalue weighted by atomic mass is 9.96. The Kier molecular flexibility index (Phi) is 6.10. The maximum atomic E-state index is 12.5. The van der Waals surface area contributed by atoms with E-state index in [2.05, 4.69) is 21.2 Å². The number of hydrogen-bond donors (Lipinski definition) is 1. The van der Waals surface area contributed by atoms with Crippen LogP contribution in [0.2, 0.25) is 0 Å². The number of ether oxygens (including phenoxy) is 1. The third-order valence-electron chi connectivity index (χ3n) is 4.70. The zero-order chi connectivity index (χ0) is 19.4. The van der Waals surface area contributed by atoms with Gasteiger partial charge < -0.3 is 15.0 Å². The van der Waals surface area contributed by atoms with Crippen LogP contribution in [-0.2, 0) is 14.3 Å². The summed E-state index contributed by atoms with van der Waals surface area (Å²) in [6.07, 6.45) is 0.971. The Hall–Kier alpha value is -2.42. The second-order valence-corrected chi connectivity index (χ2v) is 7.37. The van der Waals surface area contributed by atoms with Crippen molar-refractivity contribution in [3.63, 3.8) is 0 Å². The van der Waals surface area contributed by atoms with Crippen LogP contribution in [0.5, 0.6) is 0 Å². The largest absolute Gasteiger partial charge is 0.455 e. The van der Waals surface area contributed by atoms with E-state index in [0.717, 1.165) is 9.37 Å². The maximum Gasteiger partial charge on any atom is 0.324 e. The summed E-state index contributed by atoms with van der Waals surface area (Å²) in [4.78, 5) is 50.7. The van der Waals surface area contributed by atoms with Crippen LogP contribution in [0.4, 0.5) is 4.79 Å². The van der Waals surface area contributed by atoms with Crippen LogP contribution in [0.3, 0.4) is 0 Å². The number of benzene rings is 1. The van der Waals surface area contributed by atoms with Gasteiger partial charge in [-0.3, -0.25) is 19.3 Å². The van der Waals surface area contributed by atoms with Gasteiger partial charge in [0.15, 0.2) is 6.61 Å². The van der Waals surface area contributed by atoms with E-state index >= 15 is 0 Å². The summed E-state index contributed by atoms with van der Waals surface area (Å²) in [6.45, 7) is 1.16. The molecule has 2 aliphatic rings. The molecule has 0 radical (unpaired) electrons. The van der Waals surface area contributed by atoms with E-state index in [-0.39, 0.29) is 18.4 Å². The molecule has 0 aromatic heterocycles. The van der Waals surface area contributed by atoms with Gasteiger partial charge in [-0.15, -0.1) is 0 Å². The molecule has 8 nitrogen and oxygen atoms in total. The smallest absolute Gasteiger partial charge is 0.324 e. The molecule has 2 saturated heterocycles. The van der Waals surface area contributed by atoms with Gasteiger partial charge in [-0.1, -0.05) is 15.9 Å². The Morgan fingerprint density at radius 1 is 1.11 bits per heavy atom. The van der Waals surface area contributed by atoms with E-state index in [0.29, 0.717) is 38.0 Å². The molecule has 27 heavy (non-hydrogen) atoms. The number of carbonyl (C=O) groups is 4. The standard InChI is InChI=1S/C18H20BrN3O5/c19-14-3-1-12(2-4-14)16(24)21-8-5-13(6-9-21)17(25)27-11-15(23)22-10-7-20-18(22)26/h1-4,13H,5-11H2,(H,20,26). The zero-order valence-electron chi connectivity index (χ0n) is 14.7. The number of likely N-dealkylation sites (tertiary alicyclic amines) is 1. The molecule has 0 unspecified atom stereocenters. The number of hydrogen-bond acceptors (Lipinski definition) is 5. The fourth-order valence-corrected chi connectivity index (χ4v) is 3.40. The summed E-state index contributed by atoms with van der Waals surface area (Å²) in [6, 6.07) is 6.68. The number of imide groups is 1. The van der Waals surface area contributed by atoms with Gasteiger partial charge in [-0.25, -0.2) is 4.79 Å². The number of nitrogens with zero attached hydrogens (tertiary/aromatic N) is 2. The van der Waals surface area contributed by atoms with Crippen molar-refractivity contribution in [1.82, 2.24) is 15.1 Å². The molecule has 0 saturated carbocycles. The number of amides is 4. The van der Waals surface area contributed by atoms with Crippen LogP contribution in [0.1, 0.15) is 23.2 Å². The zero-order valence-corrected chi connectivity index (χ0v) is 16.2. The maximum absolute atomic E-state index is 12.5. The summed E-state index contributed by atoms with van der Waals surface area (Å²) >= 11 is 3.34. The molecule has 2 aliphatic heterocycles. The number of urea groups is 1. The first-order valence-electron chi connectivity index (χ1n) is 8.75. The van der Waals surface area contributed by atoms with Crippen molar-refractivity contribution in [2.75, 3.05) is 32.8 Å². The van der Waals surface area contributed by atoms with E-state index in [1.54, 1.807) is 17.0 Å². The van der Waals surface area contributed by atoms with Crippen LogP contribution in [0.25, 0.3) is 0 Å². The van der Waals surface area contributed by atoms with Gasteiger partial charge in [0.05, 0.1) is 5.92 Å². The predicted molar refractivity (Wildman–Crippen MR) is 98.8 cm³/mol. The van der Waals surface area contributed by atoms with Crippen molar-refractivity contribution in [2.24, 2.45) is 5.92 Å². The van der Waals surface area contributed by atoms with Crippen molar-refractivity contribution >= 4 is 39.7 Å². The van der Waals surface area contributed by atoms with Gasteiger partial charge >= 0.3 is 12.0 Å². The summed E-state index contributed by atoms with van der Waals surface area (Å²) < 4.78 is 5.98. The van der Waals surface area contributed by atoms with E-state index in [1.165, 1.54) is 0 Å². The average Bonchev–Trinajstić information content (AvgIpc) is 3.12. The minimum absolute atomic E-state index is 0.0652. The molecule has 2 fully saturated rings. The Labute approximate surface area is 164 Å². The highest BCUT2D eigenvalue weighted by atomic mass is 79.9. The third kappa shape index (κ3) is 4.65. The SMILES string of the molecule is O=C(OCC(=O)N1CCNC1=O)C1CCN(C(=O)c2ccc(Br)cc2)CC1. The minimum atomic E-state index is -0.527. The van der Waals surface area contributed by atoms with Crippen LogP contribution in [0.15, 0.2) is 28.7 Å². The molecule has 1 aromatic carbocycles. The Bertz CT molecular complexity index is 744. The fraction of sp³-hybridized carbons (Fsp3) is 0.444. The summed E-state index contributed by atoms with van der Waals surface area (Å²) in [5.41, 5.74) is 0.605. The summed E-state index contributed by atoms with van der Waals surface area (Å²) in [5, 5.41) is 2.52. The van der Waals surface area contributed by atoms with Crippen molar-refractivity contribution in [3.05, 3.63) is 34.3 Å². The van der Waals surface area contributed by atoms with Crippen molar-refractivity contribution < 1.29 is 23.9 Å². The quantitative estimate of drug-likeness (QED) is 0.718. The first-order valence-corrected chi connectivity index (χ1v) is 9.54.